The Balaban J connectivity index is 1.79. The maximum absolute atomic E-state index is 4.21. The average molecular weight is 205 g/mol. The van der Waals surface area contributed by atoms with Crippen LogP contribution >= 0.6 is 11.3 Å². The molecule has 0 saturated carbocycles. The van der Waals surface area contributed by atoms with Crippen LogP contribution in [-0.2, 0) is 6.42 Å². The number of nitrogens with one attached hydrogen (secondary N) is 1. The molecule has 3 nitrogen and oxygen atoms in total. The number of pyridine rings is 1. The maximum atomic E-state index is 4.21. The van der Waals surface area contributed by atoms with E-state index in [2.05, 4.69) is 15.3 Å². The van der Waals surface area contributed by atoms with Crippen LogP contribution in [0.5, 0.6) is 0 Å². The van der Waals surface area contributed by atoms with Crippen LogP contribution in [0.15, 0.2) is 36.0 Å². The fourth-order valence-electron chi connectivity index (χ4n) is 1.14. The predicted molar refractivity (Wildman–Crippen MR) is 58.5 cm³/mol. The van der Waals surface area contributed by atoms with Gasteiger partial charge in [-0.2, -0.15) is 0 Å². The Hall–Kier alpha value is -1.42. The minimum absolute atomic E-state index is 0.879. The highest BCUT2D eigenvalue weighted by Crippen LogP contribution is 2.05. The van der Waals surface area contributed by atoms with Crippen molar-refractivity contribution >= 4 is 17.2 Å². The minimum Gasteiger partial charge on any atom is -0.370 e. The highest BCUT2D eigenvalue weighted by atomic mass is 32.1. The second-order valence-electron chi connectivity index (χ2n) is 2.82. The zero-order chi connectivity index (χ0) is 9.64. The second kappa shape index (κ2) is 4.72. The summed E-state index contributed by atoms with van der Waals surface area (Å²) in [6.45, 7) is 0.879. The Morgan fingerprint density at radius 2 is 2.21 bits per heavy atom. The van der Waals surface area contributed by atoms with Gasteiger partial charge >= 0.3 is 0 Å². The van der Waals surface area contributed by atoms with Gasteiger partial charge in [-0.3, -0.25) is 0 Å². The summed E-state index contributed by atoms with van der Waals surface area (Å²) in [7, 11) is 0. The Bertz CT molecular complexity index is 358. The van der Waals surface area contributed by atoms with Gasteiger partial charge in [0.1, 0.15) is 5.82 Å². The Morgan fingerprint density at radius 1 is 1.21 bits per heavy atom. The summed E-state index contributed by atoms with van der Waals surface area (Å²) >= 11 is 1.69. The van der Waals surface area contributed by atoms with E-state index in [9.17, 15) is 0 Å². The molecule has 0 saturated heterocycles. The van der Waals surface area contributed by atoms with Crippen molar-refractivity contribution in [2.24, 2.45) is 0 Å². The molecule has 1 N–H and O–H groups in total. The average Bonchev–Trinajstić information content (AvgIpc) is 2.72. The van der Waals surface area contributed by atoms with Crippen molar-refractivity contribution in [1.82, 2.24) is 9.97 Å². The van der Waals surface area contributed by atoms with Crippen LogP contribution in [-0.4, -0.2) is 16.5 Å². The molecule has 0 bridgehead atoms. The van der Waals surface area contributed by atoms with Crippen LogP contribution in [0.3, 0.4) is 0 Å². The first-order valence-electron chi connectivity index (χ1n) is 4.48. The van der Waals surface area contributed by atoms with Crippen LogP contribution < -0.4 is 5.32 Å². The third kappa shape index (κ3) is 2.53. The van der Waals surface area contributed by atoms with Crippen molar-refractivity contribution in [3.05, 3.63) is 41.0 Å². The van der Waals surface area contributed by atoms with Crippen LogP contribution in [0.25, 0.3) is 0 Å². The fourth-order valence-corrected chi connectivity index (χ4v) is 1.76. The molecular weight excluding hydrogens is 194 g/mol. The molecule has 0 atom stereocenters. The van der Waals surface area contributed by atoms with Crippen molar-refractivity contribution in [1.29, 1.82) is 0 Å². The summed E-state index contributed by atoms with van der Waals surface area (Å²) in [6, 6.07) is 5.84. The largest absolute Gasteiger partial charge is 0.370 e. The number of anilines is 1. The minimum atomic E-state index is 0.879. The summed E-state index contributed by atoms with van der Waals surface area (Å²) in [4.78, 5) is 8.37. The summed E-state index contributed by atoms with van der Waals surface area (Å²) in [5.41, 5.74) is 0. The van der Waals surface area contributed by atoms with E-state index in [0.29, 0.717) is 0 Å². The van der Waals surface area contributed by atoms with Gasteiger partial charge in [-0.25, -0.2) is 9.97 Å². The van der Waals surface area contributed by atoms with Crippen LogP contribution in [0.1, 0.15) is 5.01 Å². The van der Waals surface area contributed by atoms with Crippen LogP contribution in [0.4, 0.5) is 5.82 Å². The van der Waals surface area contributed by atoms with Gasteiger partial charge in [-0.05, 0) is 12.1 Å². The molecule has 2 rings (SSSR count). The molecule has 2 aromatic rings. The van der Waals surface area contributed by atoms with Gasteiger partial charge in [0.15, 0.2) is 0 Å². The molecule has 0 aliphatic rings. The molecule has 2 heterocycles. The number of nitrogens with zero attached hydrogens (tertiary/aromatic N) is 2. The summed E-state index contributed by atoms with van der Waals surface area (Å²) < 4.78 is 0. The molecule has 72 valence electrons. The van der Waals surface area contributed by atoms with Crippen molar-refractivity contribution in [2.45, 2.75) is 6.42 Å². The van der Waals surface area contributed by atoms with E-state index < -0.39 is 0 Å². The quantitative estimate of drug-likeness (QED) is 0.831. The molecule has 0 fully saturated rings. The lowest BCUT2D eigenvalue weighted by Gasteiger charge is -2.02. The van der Waals surface area contributed by atoms with E-state index >= 15 is 0 Å². The lowest BCUT2D eigenvalue weighted by Crippen LogP contribution is -2.05. The molecule has 0 radical (unpaired) electrons. The summed E-state index contributed by atoms with van der Waals surface area (Å²) in [6.07, 6.45) is 4.57. The zero-order valence-corrected chi connectivity index (χ0v) is 8.50. The van der Waals surface area contributed by atoms with E-state index in [1.54, 1.807) is 17.5 Å². The molecular formula is C10H11N3S. The van der Waals surface area contributed by atoms with Crippen LogP contribution in [0, 0.1) is 0 Å². The summed E-state index contributed by atoms with van der Waals surface area (Å²) in [5, 5.41) is 6.40. The highest BCUT2D eigenvalue weighted by Gasteiger charge is 1.95. The van der Waals surface area contributed by atoms with Gasteiger partial charge < -0.3 is 5.32 Å². The highest BCUT2D eigenvalue weighted by molar-refractivity contribution is 7.09. The van der Waals surface area contributed by atoms with E-state index in [4.69, 9.17) is 0 Å². The Morgan fingerprint density at radius 3 is 2.93 bits per heavy atom. The van der Waals surface area contributed by atoms with Crippen molar-refractivity contribution in [3.8, 4) is 0 Å². The predicted octanol–water partition coefficient (Wildman–Crippen LogP) is 2.19. The topological polar surface area (TPSA) is 37.8 Å². The molecule has 4 heteroatoms. The SMILES string of the molecule is c1ccc(NCCc2nccs2)nc1. The van der Waals surface area contributed by atoms with Gasteiger partial charge in [0, 0.05) is 30.7 Å². The number of thiazole rings is 1. The zero-order valence-electron chi connectivity index (χ0n) is 7.68. The van der Waals surface area contributed by atoms with Gasteiger partial charge in [-0.15, -0.1) is 11.3 Å². The lowest BCUT2D eigenvalue weighted by molar-refractivity contribution is 0.987. The number of rotatable bonds is 4. The molecule has 2 aromatic heterocycles. The Kier molecular flexibility index (Phi) is 3.08. The third-order valence-electron chi connectivity index (χ3n) is 1.79. The number of hydrogen-bond donors (Lipinski definition) is 1. The first kappa shape index (κ1) is 9.15. The molecule has 0 spiro atoms. The Labute approximate surface area is 86.8 Å². The first-order valence-corrected chi connectivity index (χ1v) is 5.36. The van der Waals surface area contributed by atoms with Crippen molar-refractivity contribution in [2.75, 3.05) is 11.9 Å². The molecule has 0 amide bonds. The summed E-state index contributed by atoms with van der Waals surface area (Å²) in [5.74, 6) is 0.920. The van der Waals surface area contributed by atoms with Crippen molar-refractivity contribution < 1.29 is 0 Å². The molecule has 0 aliphatic carbocycles. The van der Waals surface area contributed by atoms with E-state index in [0.717, 1.165) is 23.8 Å². The van der Waals surface area contributed by atoms with Gasteiger partial charge in [0.05, 0.1) is 5.01 Å². The number of hydrogen-bond acceptors (Lipinski definition) is 4. The van der Waals surface area contributed by atoms with E-state index in [-0.39, 0.29) is 0 Å². The molecule has 0 aromatic carbocycles. The first-order chi connectivity index (χ1) is 6.95. The fraction of sp³-hybridized carbons (Fsp3) is 0.200. The van der Waals surface area contributed by atoms with Crippen molar-refractivity contribution in [3.63, 3.8) is 0 Å². The smallest absolute Gasteiger partial charge is 0.125 e. The molecule has 0 aliphatic heterocycles. The molecule has 14 heavy (non-hydrogen) atoms. The van der Waals surface area contributed by atoms with Gasteiger partial charge in [-0.1, -0.05) is 6.07 Å². The molecule has 0 unspecified atom stereocenters. The lowest BCUT2D eigenvalue weighted by atomic mass is 10.4. The van der Waals surface area contributed by atoms with Crippen LogP contribution in [0.2, 0.25) is 0 Å². The van der Waals surface area contributed by atoms with Gasteiger partial charge in [0.2, 0.25) is 0 Å². The second-order valence-corrected chi connectivity index (χ2v) is 3.80. The third-order valence-corrected chi connectivity index (χ3v) is 2.63. The normalized spacial score (nSPS) is 10.0. The number of aromatic nitrogens is 2. The van der Waals surface area contributed by atoms with E-state index in [1.807, 2.05) is 29.8 Å². The van der Waals surface area contributed by atoms with Gasteiger partial charge in [0.25, 0.3) is 0 Å². The maximum Gasteiger partial charge on any atom is 0.125 e. The monoisotopic (exact) mass is 205 g/mol. The van der Waals surface area contributed by atoms with E-state index in [1.165, 1.54) is 0 Å². The standard InChI is InChI=1S/C10H11N3S/c1-2-5-11-9(3-1)12-6-4-10-13-7-8-14-10/h1-3,5,7-8H,4,6H2,(H,11,12).